The molecule has 0 bridgehead atoms. The molecule has 1 amide bonds. The maximum atomic E-state index is 12.6. The molecule has 0 aliphatic rings. The number of nitrogens with one attached hydrogen (secondary N) is 2. The molecule has 7 nitrogen and oxygen atoms in total. The van der Waals surface area contributed by atoms with Crippen molar-refractivity contribution in [1.29, 1.82) is 0 Å². The van der Waals surface area contributed by atoms with Crippen LogP contribution in [0.1, 0.15) is 35.3 Å². The second-order valence-corrected chi connectivity index (χ2v) is 9.11. The molecule has 7 heteroatoms. The summed E-state index contributed by atoms with van der Waals surface area (Å²) in [6.07, 6.45) is 1.97. The Morgan fingerprint density at radius 3 is 2.56 bits per heavy atom. The van der Waals surface area contributed by atoms with Gasteiger partial charge >= 0.3 is 0 Å². The molecule has 186 valence electrons. The Labute approximate surface area is 211 Å². The summed E-state index contributed by atoms with van der Waals surface area (Å²) in [5, 5.41) is 28.5. The van der Waals surface area contributed by atoms with Gasteiger partial charge in [-0.2, -0.15) is 0 Å². The molecular formula is C29H32N4O3. The number of nitrogen functional groups attached to an aromatic ring is 1. The minimum atomic E-state index is -0.665. The molecule has 36 heavy (non-hydrogen) atoms. The number of aromatic nitrogens is 1. The second kappa shape index (κ2) is 11.7. The normalized spacial score (nSPS) is 12.8. The van der Waals surface area contributed by atoms with Crippen molar-refractivity contribution in [1.82, 2.24) is 15.6 Å². The number of anilines is 1. The van der Waals surface area contributed by atoms with Gasteiger partial charge in [-0.05, 0) is 47.6 Å². The molecule has 0 spiro atoms. The molecule has 0 fully saturated rings. The fourth-order valence-corrected chi connectivity index (χ4v) is 4.28. The van der Waals surface area contributed by atoms with Gasteiger partial charge in [0.05, 0.1) is 12.5 Å². The lowest BCUT2D eigenvalue weighted by Gasteiger charge is -2.18. The van der Waals surface area contributed by atoms with Crippen LogP contribution in [0.25, 0.3) is 10.8 Å². The van der Waals surface area contributed by atoms with Crippen LogP contribution in [0.15, 0.2) is 79.0 Å². The number of amides is 1. The maximum Gasteiger partial charge on any atom is 0.224 e. The highest BCUT2D eigenvalue weighted by Crippen LogP contribution is 2.27. The quantitative estimate of drug-likeness (QED) is 0.234. The molecule has 0 saturated heterocycles. The molecular weight excluding hydrogens is 452 g/mol. The summed E-state index contributed by atoms with van der Waals surface area (Å²) in [5.41, 5.74) is 9.35. The van der Waals surface area contributed by atoms with Gasteiger partial charge in [0, 0.05) is 36.3 Å². The molecule has 4 rings (SSSR count). The zero-order valence-electron chi connectivity index (χ0n) is 20.3. The molecule has 6 N–H and O–H groups in total. The van der Waals surface area contributed by atoms with E-state index in [9.17, 15) is 15.0 Å². The summed E-state index contributed by atoms with van der Waals surface area (Å²) < 4.78 is 0. The Bertz CT molecular complexity index is 1320. The first-order valence-electron chi connectivity index (χ1n) is 12.1. The van der Waals surface area contributed by atoms with Crippen molar-refractivity contribution in [3.8, 4) is 5.75 Å². The highest BCUT2D eigenvalue weighted by atomic mass is 16.3. The number of fused-ring (bicyclic) bond motifs is 1. The second-order valence-electron chi connectivity index (χ2n) is 9.11. The first-order chi connectivity index (χ1) is 17.4. The molecule has 1 aromatic heterocycles. The van der Waals surface area contributed by atoms with Gasteiger partial charge in [0.1, 0.15) is 11.6 Å². The molecule has 4 aromatic rings. The third-order valence-corrected chi connectivity index (χ3v) is 6.22. The number of carbonyl (C=O) groups is 1. The standard InChI is InChI=1S/C29H32N4O3/c1-19(31-18-27(35)23-10-12-28(30)32-17-23)13-20-5-4-6-21(14-20)15-29(36)33-16-22-9-11-26(34)25-8-3-2-7-24(22)25/h2-12,14,17,19,27,31,34-35H,13,15-16,18H2,1H3,(H2,30,32)(H,33,36)/t19-,27+/m1/s1. The topological polar surface area (TPSA) is 120 Å². The predicted molar refractivity (Wildman–Crippen MR) is 142 cm³/mol. The highest BCUT2D eigenvalue weighted by molar-refractivity contribution is 5.91. The smallest absolute Gasteiger partial charge is 0.224 e. The van der Waals surface area contributed by atoms with Crippen LogP contribution in [0.2, 0.25) is 0 Å². The summed E-state index contributed by atoms with van der Waals surface area (Å²) in [6.45, 7) is 2.86. The SMILES string of the molecule is C[C@H](Cc1cccc(CC(=O)NCc2ccc(O)c3ccccc23)c1)NC[C@H](O)c1ccc(N)nc1. The molecule has 0 radical (unpaired) electrons. The van der Waals surface area contributed by atoms with Crippen molar-refractivity contribution >= 4 is 22.5 Å². The molecule has 3 aromatic carbocycles. The van der Waals surface area contributed by atoms with E-state index in [1.54, 1.807) is 24.4 Å². The number of aliphatic hydroxyl groups is 1. The fraction of sp³-hybridized carbons (Fsp3) is 0.241. The van der Waals surface area contributed by atoms with Crippen LogP contribution >= 0.6 is 0 Å². The average Bonchev–Trinajstić information content (AvgIpc) is 2.88. The average molecular weight is 485 g/mol. The molecule has 0 saturated carbocycles. The van der Waals surface area contributed by atoms with Gasteiger partial charge in [-0.25, -0.2) is 4.98 Å². The maximum absolute atomic E-state index is 12.6. The Balaban J connectivity index is 1.28. The number of nitrogens with two attached hydrogens (primary N) is 1. The molecule has 0 aliphatic heterocycles. The van der Waals surface area contributed by atoms with E-state index in [-0.39, 0.29) is 24.1 Å². The number of nitrogens with zero attached hydrogens (tertiary/aromatic N) is 1. The van der Waals surface area contributed by atoms with Crippen molar-refractivity contribution in [2.24, 2.45) is 0 Å². The van der Waals surface area contributed by atoms with E-state index in [1.807, 2.05) is 54.6 Å². The third kappa shape index (κ3) is 6.59. The zero-order chi connectivity index (χ0) is 25.5. The monoisotopic (exact) mass is 484 g/mol. The van der Waals surface area contributed by atoms with Crippen LogP contribution < -0.4 is 16.4 Å². The lowest BCUT2D eigenvalue weighted by Crippen LogP contribution is -2.32. The van der Waals surface area contributed by atoms with Gasteiger partial charge in [0.25, 0.3) is 0 Å². The van der Waals surface area contributed by atoms with Gasteiger partial charge in [-0.1, -0.05) is 60.7 Å². The molecule has 1 heterocycles. The van der Waals surface area contributed by atoms with Gasteiger partial charge in [-0.3, -0.25) is 4.79 Å². The first-order valence-corrected chi connectivity index (χ1v) is 12.1. The first kappa shape index (κ1) is 25.2. The van der Waals surface area contributed by atoms with Crippen LogP contribution in [0.4, 0.5) is 5.82 Å². The minimum Gasteiger partial charge on any atom is -0.507 e. The molecule has 0 unspecified atom stereocenters. The Morgan fingerprint density at radius 1 is 1.00 bits per heavy atom. The number of carbonyl (C=O) groups excluding carboxylic acids is 1. The summed E-state index contributed by atoms with van der Waals surface area (Å²) >= 11 is 0. The largest absolute Gasteiger partial charge is 0.507 e. The van der Waals surface area contributed by atoms with E-state index in [2.05, 4.69) is 22.5 Å². The third-order valence-electron chi connectivity index (χ3n) is 6.22. The van der Waals surface area contributed by atoms with Gasteiger partial charge in [0.2, 0.25) is 5.91 Å². The van der Waals surface area contributed by atoms with E-state index in [4.69, 9.17) is 5.73 Å². The predicted octanol–water partition coefficient (Wildman–Crippen LogP) is 3.64. The lowest BCUT2D eigenvalue weighted by atomic mass is 10.0. The van der Waals surface area contributed by atoms with Crippen molar-refractivity contribution in [2.45, 2.75) is 38.5 Å². The van der Waals surface area contributed by atoms with Crippen molar-refractivity contribution in [3.05, 3.63) is 101 Å². The van der Waals surface area contributed by atoms with Gasteiger partial charge < -0.3 is 26.6 Å². The number of pyridine rings is 1. The number of hydrogen-bond acceptors (Lipinski definition) is 6. The number of phenols is 1. The number of aromatic hydroxyl groups is 1. The summed E-state index contributed by atoms with van der Waals surface area (Å²) in [4.78, 5) is 16.7. The van der Waals surface area contributed by atoms with Gasteiger partial charge in [0.15, 0.2) is 0 Å². The van der Waals surface area contributed by atoms with E-state index in [0.29, 0.717) is 18.9 Å². The van der Waals surface area contributed by atoms with Crippen LogP contribution in [-0.4, -0.2) is 33.7 Å². The van der Waals surface area contributed by atoms with Crippen LogP contribution in [0.5, 0.6) is 5.75 Å². The Morgan fingerprint density at radius 2 is 1.78 bits per heavy atom. The van der Waals surface area contributed by atoms with Crippen LogP contribution in [0, 0.1) is 0 Å². The lowest BCUT2D eigenvalue weighted by molar-refractivity contribution is -0.120. The van der Waals surface area contributed by atoms with Crippen molar-refractivity contribution < 1.29 is 15.0 Å². The van der Waals surface area contributed by atoms with Crippen molar-refractivity contribution in [3.63, 3.8) is 0 Å². The molecule has 2 atom stereocenters. The van der Waals surface area contributed by atoms with E-state index >= 15 is 0 Å². The number of phenolic OH excluding ortho intramolecular Hbond substituents is 1. The summed E-state index contributed by atoms with van der Waals surface area (Å²) in [5.74, 6) is 0.600. The number of benzene rings is 3. The number of rotatable bonds is 10. The summed E-state index contributed by atoms with van der Waals surface area (Å²) in [7, 11) is 0. The number of aliphatic hydroxyl groups excluding tert-OH is 1. The van der Waals surface area contributed by atoms with E-state index < -0.39 is 6.10 Å². The van der Waals surface area contributed by atoms with Crippen LogP contribution in [0.3, 0.4) is 0 Å². The van der Waals surface area contributed by atoms with Gasteiger partial charge in [-0.15, -0.1) is 0 Å². The Hall–Kier alpha value is -3.94. The zero-order valence-corrected chi connectivity index (χ0v) is 20.3. The van der Waals surface area contributed by atoms with E-state index in [1.165, 1.54) is 0 Å². The number of hydrogen-bond donors (Lipinski definition) is 5. The van der Waals surface area contributed by atoms with Crippen LogP contribution in [-0.2, 0) is 24.2 Å². The molecule has 0 aliphatic carbocycles. The highest BCUT2D eigenvalue weighted by Gasteiger charge is 2.12. The summed E-state index contributed by atoms with van der Waals surface area (Å²) in [6, 6.07) is 22.7. The minimum absolute atomic E-state index is 0.0595. The van der Waals surface area contributed by atoms with Crippen molar-refractivity contribution in [2.75, 3.05) is 12.3 Å². The Kier molecular flexibility index (Phi) is 8.15. The fourth-order valence-electron chi connectivity index (χ4n) is 4.28. The van der Waals surface area contributed by atoms with E-state index in [0.717, 1.165) is 39.4 Å².